The van der Waals surface area contributed by atoms with Gasteiger partial charge in [0.25, 0.3) is 0 Å². The Balaban J connectivity index is 1.72. The summed E-state index contributed by atoms with van der Waals surface area (Å²) in [5, 5.41) is 9.22. The van der Waals surface area contributed by atoms with Crippen LogP contribution in [0.5, 0.6) is 0 Å². The van der Waals surface area contributed by atoms with Gasteiger partial charge in [-0.3, -0.25) is 9.69 Å². The van der Waals surface area contributed by atoms with E-state index in [1.54, 1.807) is 18.2 Å². The molecule has 1 fully saturated rings. The van der Waals surface area contributed by atoms with Gasteiger partial charge in [0.15, 0.2) is 5.76 Å². The van der Waals surface area contributed by atoms with Crippen LogP contribution in [0.1, 0.15) is 19.2 Å². The minimum atomic E-state index is -0.763. The molecular weight excluding hydrogens is 299 g/mol. The SMILES string of the molecule is CC1CC(C(=O)O)CN(Cc2ncc(-c3ccccc3F)o2)C1. The average molecular weight is 318 g/mol. The van der Waals surface area contributed by atoms with Gasteiger partial charge in [-0.05, 0) is 24.5 Å². The smallest absolute Gasteiger partial charge is 0.307 e. The first kappa shape index (κ1) is 15.7. The number of benzene rings is 1. The number of likely N-dealkylation sites (tertiary alicyclic amines) is 1. The molecule has 1 aromatic carbocycles. The molecule has 2 heterocycles. The lowest BCUT2D eigenvalue weighted by Crippen LogP contribution is -2.42. The van der Waals surface area contributed by atoms with Crippen LogP contribution in [0, 0.1) is 17.7 Å². The van der Waals surface area contributed by atoms with Crippen LogP contribution in [0.3, 0.4) is 0 Å². The molecule has 2 atom stereocenters. The second-order valence-corrected chi connectivity index (χ2v) is 6.17. The minimum Gasteiger partial charge on any atom is -0.481 e. The normalized spacial score (nSPS) is 22.2. The maximum atomic E-state index is 13.8. The number of hydrogen-bond acceptors (Lipinski definition) is 4. The number of carboxylic acid groups (broad SMARTS) is 1. The van der Waals surface area contributed by atoms with Crippen LogP contribution < -0.4 is 0 Å². The highest BCUT2D eigenvalue weighted by molar-refractivity contribution is 5.70. The summed E-state index contributed by atoms with van der Waals surface area (Å²) < 4.78 is 19.4. The van der Waals surface area contributed by atoms with Gasteiger partial charge in [0.2, 0.25) is 5.89 Å². The zero-order chi connectivity index (χ0) is 16.4. The fourth-order valence-corrected chi connectivity index (χ4v) is 3.13. The Hall–Kier alpha value is -2.21. The summed E-state index contributed by atoms with van der Waals surface area (Å²) in [6, 6.07) is 6.38. The molecule has 122 valence electrons. The Morgan fingerprint density at radius 1 is 1.43 bits per heavy atom. The molecule has 23 heavy (non-hydrogen) atoms. The van der Waals surface area contributed by atoms with E-state index in [0.717, 1.165) is 6.54 Å². The van der Waals surface area contributed by atoms with Gasteiger partial charge in [-0.15, -0.1) is 0 Å². The first-order valence-corrected chi connectivity index (χ1v) is 7.67. The van der Waals surface area contributed by atoms with E-state index in [0.29, 0.717) is 42.6 Å². The van der Waals surface area contributed by atoms with Crippen molar-refractivity contribution in [3.05, 3.63) is 42.2 Å². The van der Waals surface area contributed by atoms with Crippen LogP contribution in [-0.2, 0) is 11.3 Å². The number of rotatable bonds is 4. The Morgan fingerprint density at radius 2 is 2.22 bits per heavy atom. The zero-order valence-corrected chi connectivity index (χ0v) is 12.9. The topological polar surface area (TPSA) is 66.6 Å². The van der Waals surface area contributed by atoms with Crippen LogP contribution >= 0.6 is 0 Å². The van der Waals surface area contributed by atoms with E-state index in [1.165, 1.54) is 12.3 Å². The van der Waals surface area contributed by atoms with Crippen LogP contribution in [0.4, 0.5) is 4.39 Å². The molecule has 1 aliphatic heterocycles. The van der Waals surface area contributed by atoms with Gasteiger partial charge in [-0.25, -0.2) is 9.37 Å². The summed E-state index contributed by atoms with van der Waals surface area (Å²) in [5.74, 6) is -0.307. The fourth-order valence-electron chi connectivity index (χ4n) is 3.13. The number of nitrogens with zero attached hydrogens (tertiary/aromatic N) is 2. The Labute approximate surface area is 133 Å². The number of carbonyl (C=O) groups is 1. The average Bonchev–Trinajstić information content (AvgIpc) is 2.95. The summed E-state index contributed by atoms with van der Waals surface area (Å²) in [6.45, 7) is 3.77. The van der Waals surface area contributed by atoms with Crippen molar-refractivity contribution in [1.82, 2.24) is 9.88 Å². The van der Waals surface area contributed by atoms with E-state index < -0.39 is 5.97 Å². The van der Waals surface area contributed by atoms with Gasteiger partial charge in [-0.1, -0.05) is 19.1 Å². The fraction of sp³-hybridized carbons (Fsp3) is 0.412. The number of aliphatic carboxylic acids is 1. The molecule has 1 aromatic heterocycles. The molecule has 0 saturated carbocycles. The van der Waals surface area contributed by atoms with E-state index in [1.807, 2.05) is 11.8 Å². The van der Waals surface area contributed by atoms with Crippen LogP contribution in [0.25, 0.3) is 11.3 Å². The number of oxazole rings is 1. The van der Waals surface area contributed by atoms with Crippen molar-refractivity contribution in [2.45, 2.75) is 19.9 Å². The van der Waals surface area contributed by atoms with Crippen molar-refractivity contribution < 1.29 is 18.7 Å². The molecule has 2 aromatic rings. The maximum Gasteiger partial charge on any atom is 0.307 e. The summed E-state index contributed by atoms with van der Waals surface area (Å²) in [6.07, 6.45) is 2.20. The molecule has 1 N–H and O–H groups in total. The molecule has 5 nitrogen and oxygen atoms in total. The van der Waals surface area contributed by atoms with E-state index in [2.05, 4.69) is 4.98 Å². The molecule has 0 bridgehead atoms. The predicted molar refractivity (Wildman–Crippen MR) is 82.1 cm³/mol. The molecule has 1 saturated heterocycles. The lowest BCUT2D eigenvalue weighted by atomic mass is 9.90. The van der Waals surface area contributed by atoms with E-state index in [-0.39, 0.29) is 11.7 Å². The summed E-state index contributed by atoms with van der Waals surface area (Å²) in [5.41, 5.74) is 0.377. The first-order chi connectivity index (χ1) is 11.0. The van der Waals surface area contributed by atoms with Crippen molar-refractivity contribution >= 4 is 5.97 Å². The van der Waals surface area contributed by atoms with Gasteiger partial charge in [-0.2, -0.15) is 0 Å². The second kappa shape index (κ2) is 6.50. The number of halogens is 1. The Kier molecular flexibility index (Phi) is 4.43. The Morgan fingerprint density at radius 3 is 2.96 bits per heavy atom. The van der Waals surface area contributed by atoms with Crippen LogP contribution in [0.2, 0.25) is 0 Å². The van der Waals surface area contributed by atoms with Crippen LogP contribution in [-0.4, -0.2) is 34.0 Å². The van der Waals surface area contributed by atoms with Crippen molar-refractivity contribution in [1.29, 1.82) is 0 Å². The standard InChI is InChI=1S/C17H19FN2O3/c1-11-6-12(17(21)22)9-20(8-11)10-16-19-7-15(23-16)13-4-2-3-5-14(13)18/h2-5,7,11-12H,6,8-10H2,1H3,(H,21,22). The molecule has 6 heteroatoms. The molecule has 0 radical (unpaired) electrons. The van der Waals surface area contributed by atoms with E-state index >= 15 is 0 Å². The highest BCUT2D eigenvalue weighted by Crippen LogP contribution is 2.26. The minimum absolute atomic E-state index is 0.311. The monoisotopic (exact) mass is 318 g/mol. The van der Waals surface area contributed by atoms with Gasteiger partial charge >= 0.3 is 5.97 Å². The lowest BCUT2D eigenvalue weighted by Gasteiger charge is -2.33. The zero-order valence-electron chi connectivity index (χ0n) is 12.9. The molecule has 2 unspecified atom stereocenters. The quantitative estimate of drug-likeness (QED) is 0.938. The van der Waals surface area contributed by atoms with Gasteiger partial charge < -0.3 is 9.52 Å². The maximum absolute atomic E-state index is 13.8. The third kappa shape index (κ3) is 3.59. The van der Waals surface area contributed by atoms with Gasteiger partial charge in [0, 0.05) is 13.1 Å². The molecule has 0 aliphatic carbocycles. The lowest BCUT2D eigenvalue weighted by molar-refractivity contribution is -0.144. The first-order valence-electron chi connectivity index (χ1n) is 7.67. The number of carboxylic acids is 1. The van der Waals surface area contributed by atoms with E-state index in [4.69, 9.17) is 4.42 Å². The third-order valence-corrected chi connectivity index (χ3v) is 4.14. The molecular formula is C17H19FN2O3. The third-order valence-electron chi connectivity index (χ3n) is 4.14. The summed E-state index contributed by atoms with van der Waals surface area (Å²) in [7, 11) is 0. The highest BCUT2D eigenvalue weighted by Gasteiger charge is 2.30. The summed E-state index contributed by atoms with van der Waals surface area (Å²) in [4.78, 5) is 17.4. The van der Waals surface area contributed by atoms with Crippen molar-refractivity contribution in [3.8, 4) is 11.3 Å². The number of aromatic nitrogens is 1. The molecule has 1 aliphatic rings. The predicted octanol–water partition coefficient (Wildman–Crippen LogP) is 3.02. The highest BCUT2D eigenvalue weighted by atomic mass is 19.1. The van der Waals surface area contributed by atoms with Crippen molar-refractivity contribution in [2.75, 3.05) is 13.1 Å². The second-order valence-electron chi connectivity index (χ2n) is 6.17. The van der Waals surface area contributed by atoms with E-state index in [9.17, 15) is 14.3 Å². The van der Waals surface area contributed by atoms with Gasteiger partial charge in [0.05, 0.1) is 24.2 Å². The summed E-state index contributed by atoms with van der Waals surface area (Å²) >= 11 is 0. The Bertz CT molecular complexity index is 701. The van der Waals surface area contributed by atoms with Crippen molar-refractivity contribution in [3.63, 3.8) is 0 Å². The number of hydrogen-bond donors (Lipinski definition) is 1. The number of piperidine rings is 1. The van der Waals surface area contributed by atoms with Crippen LogP contribution in [0.15, 0.2) is 34.9 Å². The largest absolute Gasteiger partial charge is 0.481 e. The molecule has 3 rings (SSSR count). The van der Waals surface area contributed by atoms with Gasteiger partial charge in [0.1, 0.15) is 5.82 Å². The molecule has 0 spiro atoms. The van der Waals surface area contributed by atoms with Crippen molar-refractivity contribution in [2.24, 2.45) is 11.8 Å². The molecule has 0 amide bonds.